The zero-order valence-electron chi connectivity index (χ0n) is 18.1. The van der Waals surface area contributed by atoms with Gasteiger partial charge in [-0.05, 0) is 63.1 Å². The molecule has 1 heterocycles. The lowest BCUT2D eigenvalue weighted by Crippen LogP contribution is -2.45. The molecule has 1 unspecified atom stereocenters. The van der Waals surface area contributed by atoms with Gasteiger partial charge in [-0.1, -0.05) is 0 Å². The van der Waals surface area contributed by atoms with Crippen LogP contribution in [0.2, 0.25) is 0 Å². The van der Waals surface area contributed by atoms with Gasteiger partial charge in [0.1, 0.15) is 17.5 Å². The molecule has 2 fully saturated rings. The molecule has 0 N–H and O–H groups in total. The molecule has 11 heteroatoms. The number of amides is 1. The summed E-state index contributed by atoms with van der Waals surface area (Å²) in [6, 6.07) is 8.16. The third kappa shape index (κ3) is 4.07. The van der Waals surface area contributed by atoms with Gasteiger partial charge in [-0.15, -0.1) is 12.6 Å². The number of nitriles is 1. The van der Waals surface area contributed by atoms with Crippen LogP contribution in [0.15, 0.2) is 36.4 Å². The number of nitrogens with zero attached hydrogens (tertiary/aromatic N) is 3. The Morgan fingerprint density at radius 1 is 1.18 bits per heavy atom. The van der Waals surface area contributed by atoms with Crippen LogP contribution in [0.3, 0.4) is 0 Å². The third-order valence-electron chi connectivity index (χ3n) is 5.76. The second kappa shape index (κ2) is 8.20. The van der Waals surface area contributed by atoms with Gasteiger partial charge in [0, 0.05) is 11.4 Å². The lowest BCUT2D eigenvalue weighted by molar-refractivity contribution is -0.137. The van der Waals surface area contributed by atoms with Crippen LogP contribution in [0.25, 0.3) is 0 Å². The first-order valence-corrected chi connectivity index (χ1v) is 10.8. The summed E-state index contributed by atoms with van der Waals surface area (Å²) in [5.41, 5.74) is -4.34. The molecule has 2 aromatic carbocycles. The van der Waals surface area contributed by atoms with E-state index in [4.69, 9.17) is 10.00 Å². The van der Waals surface area contributed by atoms with Gasteiger partial charge in [0.15, 0.2) is 5.50 Å². The number of hydrogen-bond acceptors (Lipinski definition) is 6. The summed E-state index contributed by atoms with van der Waals surface area (Å²) >= 11 is 4.46. The normalized spacial score (nSPS) is 19.8. The van der Waals surface area contributed by atoms with Crippen molar-refractivity contribution >= 4 is 35.9 Å². The number of carbonyl (C=O) groups is 2. The standard InChI is InChI=1S/C23H19F4N3O3S/c1-22(2)20(32)29(13-4-3-12(11-28)17(9-13)23(25,26)27)21(34)30(22)14-5-8-16(18(24)10-14)19(31)33-15-6-7-15/h3-5,8-10,15,21,34H,6-7H2,1-2H3. The molecule has 0 bridgehead atoms. The van der Waals surface area contributed by atoms with Crippen molar-refractivity contribution in [2.75, 3.05) is 9.80 Å². The van der Waals surface area contributed by atoms with E-state index in [0.717, 1.165) is 35.9 Å². The van der Waals surface area contributed by atoms with Gasteiger partial charge in [-0.2, -0.15) is 18.4 Å². The van der Waals surface area contributed by atoms with Crippen LogP contribution in [-0.2, 0) is 15.7 Å². The van der Waals surface area contributed by atoms with E-state index in [9.17, 15) is 27.2 Å². The summed E-state index contributed by atoms with van der Waals surface area (Å²) in [4.78, 5) is 27.9. The van der Waals surface area contributed by atoms with Crippen LogP contribution < -0.4 is 9.80 Å². The number of ether oxygens (including phenoxy) is 1. The molecule has 34 heavy (non-hydrogen) atoms. The van der Waals surface area contributed by atoms with Crippen LogP contribution in [0.1, 0.15) is 48.2 Å². The number of alkyl halides is 3. The summed E-state index contributed by atoms with van der Waals surface area (Å²) in [5, 5.41) is 9.03. The number of benzene rings is 2. The lowest BCUT2D eigenvalue weighted by Gasteiger charge is -2.33. The first-order valence-electron chi connectivity index (χ1n) is 10.3. The minimum atomic E-state index is -4.81. The first kappa shape index (κ1) is 23.9. The Hall–Kier alpha value is -3.26. The largest absolute Gasteiger partial charge is 0.459 e. The quantitative estimate of drug-likeness (QED) is 0.373. The van der Waals surface area contributed by atoms with Gasteiger partial charge in [0.25, 0.3) is 5.91 Å². The van der Waals surface area contributed by atoms with Crippen molar-refractivity contribution < 1.29 is 31.9 Å². The molecule has 1 aliphatic carbocycles. The summed E-state index contributed by atoms with van der Waals surface area (Å²) in [6.45, 7) is 3.06. The fourth-order valence-corrected chi connectivity index (χ4v) is 4.51. The molecule has 1 saturated carbocycles. The number of esters is 1. The highest BCUT2D eigenvalue weighted by molar-refractivity contribution is 7.81. The van der Waals surface area contributed by atoms with E-state index in [1.54, 1.807) is 0 Å². The Morgan fingerprint density at radius 2 is 1.82 bits per heavy atom. The van der Waals surface area contributed by atoms with Gasteiger partial charge >= 0.3 is 12.1 Å². The molecule has 0 aromatic heterocycles. The fourth-order valence-electron chi connectivity index (χ4n) is 3.85. The van der Waals surface area contributed by atoms with Crippen LogP contribution in [0.4, 0.5) is 28.9 Å². The van der Waals surface area contributed by atoms with E-state index in [2.05, 4.69) is 12.6 Å². The molecule has 178 valence electrons. The average Bonchev–Trinajstić information content (AvgIpc) is 3.54. The minimum absolute atomic E-state index is 0.114. The van der Waals surface area contributed by atoms with E-state index >= 15 is 0 Å². The topological polar surface area (TPSA) is 73.6 Å². The summed E-state index contributed by atoms with van der Waals surface area (Å²) < 4.78 is 60.3. The summed E-state index contributed by atoms with van der Waals surface area (Å²) in [6.07, 6.45) is -3.54. The maximum Gasteiger partial charge on any atom is 0.417 e. The van der Waals surface area contributed by atoms with Crippen LogP contribution in [-0.4, -0.2) is 29.0 Å². The molecular weight excluding hydrogens is 474 g/mol. The summed E-state index contributed by atoms with van der Waals surface area (Å²) in [5.74, 6) is -2.23. The Morgan fingerprint density at radius 3 is 2.38 bits per heavy atom. The number of thiol groups is 1. The maximum absolute atomic E-state index is 14.8. The predicted octanol–water partition coefficient (Wildman–Crippen LogP) is 4.88. The molecule has 6 nitrogen and oxygen atoms in total. The maximum atomic E-state index is 14.8. The van der Waals surface area contributed by atoms with Gasteiger partial charge in [0.05, 0.1) is 22.8 Å². The third-order valence-corrected chi connectivity index (χ3v) is 6.22. The van der Waals surface area contributed by atoms with Crippen molar-refractivity contribution in [1.29, 1.82) is 5.26 Å². The molecule has 1 saturated heterocycles. The minimum Gasteiger partial charge on any atom is -0.459 e. The zero-order chi connectivity index (χ0) is 25.0. The van der Waals surface area contributed by atoms with E-state index in [1.165, 1.54) is 43.0 Å². The van der Waals surface area contributed by atoms with Gasteiger partial charge < -0.3 is 9.64 Å². The highest BCUT2D eigenvalue weighted by Crippen LogP contribution is 2.42. The van der Waals surface area contributed by atoms with Crippen LogP contribution in [0, 0.1) is 17.1 Å². The highest BCUT2D eigenvalue weighted by atomic mass is 32.1. The van der Waals surface area contributed by atoms with E-state index < -0.39 is 46.0 Å². The molecule has 0 radical (unpaired) electrons. The van der Waals surface area contributed by atoms with Crippen molar-refractivity contribution in [2.45, 2.75) is 50.0 Å². The molecule has 2 aliphatic rings. The van der Waals surface area contributed by atoms with Crippen molar-refractivity contribution in [3.05, 3.63) is 58.9 Å². The first-order chi connectivity index (χ1) is 15.9. The average molecular weight is 493 g/mol. The second-order valence-corrected chi connectivity index (χ2v) is 9.02. The Bertz CT molecular complexity index is 1220. The smallest absolute Gasteiger partial charge is 0.417 e. The predicted molar refractivity (Wildman–Crippen MR) is 118 cm³/mol. The van der Waals surface area contributed by atoms with Crippen molar-refractivity contribution in [3.63, 3.8) is 0 Å². The lowest BCUT2D eigenvalue weighted by atomic mass is 10.0. The molecule has 0 spiro atoms. The van der Waals surface area contributed by atoms with Crippen LogP contribution >= 0.6 is 12.6 Å². The molecular formula is C23H19F4N3O3S. The number of halogens is 4. The highest BCUT2D eigenvalue weighted by Gasteiger charge is 2.52. The van der Waals surface area contributed by atoms with Gasteiger partial charge in [-0.25, -0.2) is 9.18 Å². The Labute approximate surface area is 198 Å². The number of anilines is 2. The number of hydrogen-bond donors (Lipinski definition) is 1. The fraction of sp³-hybridized carbons (Fsp3) is 0.348. The molecule has 1 aliphatic heterocycles. The Kier molecular flexibility index (Phi) is 5.76. The van der Waals surface area contributed by atoms with E-state index in [-0.39, 0.29) is 23.0 Å². The Balaban J connectivity index is 1.70. The van der Waals surface area contributed by atoms with Gasteiger partial charge in [0.2, 0.25) is 0 Å². The molecule has 1 atom stereocenters. The number of carbonyl (C=O) groups excluding carboxylic acids is 2. The monoisotopic (exact) mass is 493 g/mol. The van der Waals surface area contributed by atoms with Crippen molar-refractivity contribution in [3.8, 4) is 6.07 Å². The molecule has 1 amide bonds. The van der Waals surface area contributed by atoms with Crippen LogP contribution in [0.5, 0.6) is 0 Å². The zero-order valence-corrected chi connectivity index (χ0v) is 19.0. The second-order valence-electron chi connectivity index (χ2n) is 8.56. The van der Waals surface area contributed by atoms with Crippen molar-refractivity contribution in [2.24, 2.45) is 0 Å². The SMILES string of the molecule is CC1(C)C(=O)N(c2ccc(C#N)c(C(F)(F)F)c2)C(S)N1c1ccc(C(=O)OC2CC2)c(F)c1. The summed E-state index contributed by atoms with van der Waals surface area (Å²) in [7, 11) is 0. The molecule has 2 aromatic rings. The number of rotatable bonds is 4. The van der Waals surface area contributed by atoms with Gasteiger partial charge in [-0.3, -0.25) is 9.69 Å². The van der Waals surface area contributed by atoms with Crippen molar-refractivity contribution in [1.82, 2.24) is 0 Å². The molecule has 4 rings (SSSR count). The van der Waals surface area contributed by atoms with E-state index in [0.29, 0.717) is 0 Å². The van der Waals surface area contributed by atoms with E-state index in [1.807, 2.05) is 0 Å².